The number of hydrogen-bond donors (Lipinski definition) is 2. The van der Waals surface area contributed by atoms with E-state index in [1.165, 1.54) is 18.2 Å². The van der Waals surface area contributed by atoms with E-state index >= 15 is 0 Å². The fourth-order valence-corrected chi connectivity index (χ4v) is 1.28. The zero-order chi connectivity index (χ0) is 12.1. The van der Waals surface area contributed by atoms with Crippen LogP contribution in [-0.4, -0.2) is 24.2 Å². The van der Waals surface area contributed by atoms with E-state index in [1.54, 1.807) is 6.92 Å². The fraction of sp³-hybridized carbons (Fsp3) is 0.364. The molecule has 0 aliphatic carbocycles. The summed E-state index contributed by atoms with van der Waals surface area (Å²) in [7, 11) is 0. The highest BCUT2D eigenvalue weighted by molar-refractivity contribution is 6.31. The SMILES string of the molecule is CC(CO)CNC(=O)c1cccc(Cl)c1F. The zero-order valence-corrected chi connectivity index (χ0v) is 9.59. The van der Waals surface area contributed by atoms with Gasteiger partial charge in [-0.3, -0.25) is 4.79 Å². The van der Waals surface area contributed by atoms with Crippen LogP contribution in [0.5, 0.6) is 0 Å². The average Bonchev–Trinajstić information content (AvgIpc) is 2.29. The van der Waals surface area contributed by atoms with Crippen molar-refractivity contribution < 1.29 is 14.3 Å². The maximum atomic E-state index is 13.4. The summed E-state index contributed by atoms with van der Waals surface area (Å²) in [6.45, 7) is 2.04. The second-order valence-corrected chi connectivity index (χ2v) is 4.01. The van der Waals surface area contributed by atoms with Crippen LogP contribution < -0.4 is 5.32 Å². The van der Waals surface area contributed by atoms with Gasteiger partial charge in [-0.15, -0.1) is 0 Å². The molecule has 0 aliphatic rings. The Kier molecular flexibility index (Phi) is 4.71. The van der Waals surface area contributed by atoms with Crippen LogP contribution in [0.4, 0.5) is 4.39 Å². The molecule has 16 heavy (non-hydrogen) atoms. The number of aliphatic hydroxyl groups excluding tert-OH is 1. The number of benzene rings is 1. The Balaban J connectivity index is 2.70. The lowest BCUT2D eigenvalue weighted by Gasteiger charge is -2.10. The standard InChI is InChI=1S/C11H13ClFNO2/c1-7(6-15)5-14-11(16)8-3-2-4-9(12)10(8)13/h2-4,7,15H,5-6H2,1H3,(H,14,16). The molecule has 1 atom stereocenters. The minimum atomic E-state index is -0.724. The molecule has 1 unspecified atom stereocenters. The minimum Gasteiger partial charge on any atom is -0.396 e. The summed E-state index contributed by atoms with van der Waals surface area (Å²) in [5, 5.41) is 11.2. The molecule has 3 nitrogen and oxygen atoms in total. The Bertz CT molecular complexity index is 384. The summed E-state index contributed by atoms with van der Waals surface area (Å²) >= 11 is 5.55. The smallest absolute Gasteiger partial charge is 0.254 e. The van der Waals surface area contributed by atoms with Gasteiger partial charge in [-0.1, -0.05) is 24.6 Å². The number of carbonyl (C=O) groups excluding carboxylic acids is 1. The Morgan fingerprint density at radius 2 is 2.31 bits per heavy atom. The van der Waals surface area contributed by atoms with Crippen molar-refractivity contribution in [3.8, 4) is 0 Å². The van der Waals surface area contributed by atoms with Gasteiger partial charge in [-0.25, -0.2) is 4.39 Å². The largest absolute Gasteiger partial charge is 0.396 e. The molecule has 1 amide bonds. The van der Waals surface area contributed by atoms with E-state index in [4.69, 9.17) is 16.7 Å². The molecule has 0 spiro atoms. The number of nitrogens with one attached hydrogen (secondary N) is 1. The molecule has 5 heteroatoms. The molecule has 1 aromatic carbocycles. The van der Waals surface area contributed by atoms with E-state index in [2.05, 4.69) is 5.32 Å². The van der Waals surface area contributed by atoms with E-state index in [-0.39, 0.29) is 23.1 Å². The molecule has 0 aliphatic heterocycles. The monoisotopic (exact) mass is 245 g/mol. The lowest BCUT2D eigenvalue weighted by atomic mass is 10.1. The molecule has 0 bridgehead atoms. The molecule has 1 rings (SSSR count). The number of rotatable bonds is 4. The van der Waals surface area contributed by atoms with Gasteiger partial charge in [0.25, 0.3) is 5.91 Å². The van der Waals surface area contributed by atoms with Crippen LogP contribution in [0.2, 0.25) is 5.02 Å². The van der Waals surface area contributed by atoms with Crippen LogP contribution in [0.25, 0.3) is 0 Å². The first-order valence-electron chi connectivity index (χ1n) is 4.89. The van der Waals surface area contributed by atoms with Gasteiger partial charge in [0.1, 0.15) is 0 Å². The highest BCUT2D eigenvalue weighted by Crippen LogP contribution is 2.17. The van der Waals surface area contributed by atoms with E-state index in [1.807, 2.05) is 0 Å². The molecule has 88 valence electrons. The first-order chi connectivity index (χ1) is 7.56. The topological polar surface area (TPSA) is 49.3 Å². The highest BCUT2D eigenvalue weighted by atomic mass is 35.5. The van der Waals surface area contributed by atoms with E-state index in [0.717, 1.165) is 0 Å². The predicted octanol–water partition coefficient (Wildman–Crippen LogP) is 1.84. The van der Waals surface area contributed by atoms with Crippen molar-refractivity contribution in [2.45, 2.75) is 6.92 Å². The third-order valence-corrected chi connectivity index (χ3v) is 2.41. The summed E-state index contributed by atoms with van der Waals surface area (Å²) in [4.78, 5) is 11.5. The molecule has 0 fully saturated rings. The maximum Gasteiger partial charge on any atom is 0.254 e. The third-order valence-electron chi connectivity index (χ3n) is 2.12. The lowest BCUT2D eigenvalue weighted by Crippen LogP contribution is -2.30. The second kappa shape index (κ2) is 5.82. The van der Waals surface area contributed by atoms with Crippen LogP contribution in [0.1, 0.15) is 17.3 Å². The van der Waals surface area contributed by atoms with Crippen molar-refractivity contribution >= 4 is 17.5 Å². The van der Waals surface area contributed by atoms with Crippen molar-refractivity contribution in [3.63, 3.8) is 0 Å². The number of aliphatic hydroxyl groups is 1. The van der Waals surface area contributed by atoms with Crippen molar-refractivity contribution in [3.05, 3.63) is 34.6 Å². The van der Waals surface area contributed by atoms with Crippen molar-refractivity contribution in [2.75, 3.05) is 13.2 Å². The number of halogens is 2. The van der Waals surface area contributed by atoms with Gasteiger partial charge in [0.15, 0.2) is 5.82 Å². The normalized spacial score (nSPS) is 12.2. The Labute approximate surface area is 98.2 Å². The van der Waals surface area contributed by atoms with Gasteiger partial charge in [0.05, 0.1) is 10.6 Å². The highest BCUT2D eigenvalue weighted by Gasteiger charge is 2.14. The molecule has 1 aromatic rings. The Hall–Kier alpha value is -1.13. The molecule has 2 N–H and O–H groups in total. The summed E-state index contributed by atoms with van der Waals surface area (Å²) in [6.07, 6.45) is 0. The van der Waals surface area contributed by atoms with Crippen LogP contribution in [0.15, 0.2) is 18.2 Å². The van der Waals surface area contributed by atoms with Gasteiger partial charge in [0, 0.05) is 13.2 Å². The van der Waals surface area contributed by atoms with Gasteiger partial charge in [-0.05, 0) is 18.1 Å². The molecule has 0 saturated carbocycles. The van der Waals surface area contributed by atoms with Gasteiger partial charge in [0.2, 0.25) is 0 Å². The van der Waals surface area contributed by atoms with E-state index in [9.17, 15) is 9.18 Å². The van der Waals surface area contributed by atoms with Crippen LogP contribution in [0.3, 0.4) is 0 Å². The van der Waals surface area contributed by atoms with E-state index < -0.39 is 11.7 Å². The van der Waals surface area contributed by atoms with Gasteiger partial charge < -0.3 is 10.4 Å². The fourth-order valence-electron chi connectivity index (χ4n) is 1.11. The summed E-state index contributed by atoms with van der Waals surface area (Å²) in [5.74, 6) is -1.31. The molecular weight excluding hydrogens is 233 g/mol. The number of amides is 1. The average molecular weight is 246 g/mol. The minimum absolute atomic E-state index is 0.0295. The Morgan fingerprint density at radius 1 is 1.62 bits per heavy atom. The van der Waals surface area contributed by atoms with Gasteiger partial charge in [-0.2, -0.15) is 0 Å². The van der Waals surface area contributed by atoms with Crippen molar-refractivity contribution in [1.29, 1.82) is 0 Å². The second-order valence-electron chi connectivity index (χ2n) is 3.60. The maximum absolute atomic E-state index is 13.4. The van der Waals surface area contributed by atoms with Crippen molar-refractivity contribution in [1.82, 2.24) is 5.32 Å². The quantitative estimate of drug-likeness (QED) is 0.850. The summed E-state index contributed by atoms with van der Waals surface area (Å²) < 4.78 is 13.4. The number of carbonyl (C=O) groups is 1. The summed E-state index contributed by atoms with van der Waals surface area (Å²) in [5.41, 5.74) is -0.0855. The van der Waals surface area contributed by atoms with Crippen LogP contribution >= 0.6 is 11.6 Å². The van der Waals surface area contributed by atoms with Gasteiger partial charge >= 0.3 is 0 Å². The van der Waals surface area contributed by atoms with Crippen molar-refractivity contribution in [2.24, 2.45) is 5.92 Å². The third kappa shape index (κ3) is 3.18. The Morgan fingerprint density at radius 3 is 2.94 bits per heavy atom. The molecule has 0 heterocycles. The van der Waals surface area contributed by atoms with Crippen LogP contribution in [-0.2, 0) is 0 Å². The van der Waals surface area contributed by atoms with E-state index in [0.29, 0.717) is 6.54 Å². The first kappa shape index (κ1) is 12.9. The number of hydrogen-bond acceptors (Lipinski definition) is 2. The molecule has 0 radical (unpaired) electrons. The van der Waals surface area contributed by atoms with Crippen LogP contribution in [0, 0.1) is 11.7 Å². The molecular formula is C11H13ClFNO2. The summed E-state index contributed by atoms with van der Waals surface area (Å²) in [6, 6.07) is 4.25. The predicted molar refractivity (Wildman–Crippen MR) is 60.0 cm³/mol. The molecule has 0 saturated heterocycles. The zero-order valence-electron chi connectivity index (χ0n) is 8.84. The first-order valence-corrected chi connectivity index (χ1v) is 5.27. The lowest BCUT2D eigenvalue weighted by molar-refractivity contribution is 0.0938. The molecule has 0 aromatic heterocycles.